The fraction of sp³-hybridized carbons (Fsp3) is 0.793. The van der Waals surface area contributed by atoms with Crippen LogP contribution in [-0.4, -0.2) is 74.9 Å². The number of carbonyl (C=O) groups excluding carboxylic acids is 2. The van der Waals surface area contributed by atoms with Gasteiger partial charge in [-0.15, -0.1) is 0 Å². The number of hydrogen-bond acceptors (Lipinski definition) is 7. The lowest BCUT2D eigenvalue weighted by Gasteiger charge is -2.24. The topological polar surface area (TPSA) is 108 Å². The van der Waals surface area contributed by atoms with Crippen molar-refractivity contribution < 1.29 is 42.1 Å². The molecule has 68 heavy (non-hydrogen) atoms. The molecular weight excluding hydrogens is 870 g/mol. The summed E-state index contributed by atoms with van der Waals surface area (Å²) in [7, 11) is 1.46. The summed E-state index contributed by atoms with van der Waals surface area (Å²) < 4.78 is 34.5. The van der Waals surface area contributed by atoms with Crippen LogP contribution in [0.2, 0.25) is 0 Å². The van der Waals surface area contributed by atoms with Crippen LogP contribution in [0.25, 0.3) is 0 Å². The number of nitrogens with zero attached hydrogens (tertiary/aromatic N) is 1. The molecule has 0 heterocycles. The summed E-state index contributed by atoms with van der Waals surface area (Å²) in [5.41, 5.74) is 0. The molecule has 0 aliphatic rings. The molecule has 0 aliphatic carbocycles. The molecule has 0 aromatic carbocycles. The molecule has 1 N–H and O–H groups in total. The van der Waals surface area contributed by atoms with Gasteiger partial charge in [-0.2, -0.15) is 0 Å². The van der Waals surface area contributed by atoms with Gasteiger partial charge >= 0.3 is 19.8 Å². The van der Waals surface area contributed by atoms with Gasteiger partial charge in [0, 0.05) is 12.8 Å². The maximum absolute atomic E-state index is 12.8. The summed E-state index contributed by atoms with van der Waals surface area (Å²) in [6.07, 6.45) is 62.7. The van der Waals surface area contributed by atoms with Crippen LogP contribution in [0.3, 0.4) is 0 Å². The van der Waals surface area contributed by atoms with Crippen molar-refractivity contribution in [2.45, 2.75) is 251 Å². The minimum Gasteiger partial charge on any atom is -0.462 e. The van der Waals surface area contributed by atoms with Gasteiger partial charge in [0.15, 0.2) is 6.10 Å². The third-order valence-electron chi connectivity index (χ3n) is 12.0. The molecule has 0 saturated carbocycles. The molecule has 2 unspecified atom stereocenters. The molecule has 0 spiro atoms. The predicted molar refractivity (Wildman–Crippen MR) is 289 cm³/mol. The van der Waals surface area contributed by atoms with Crippen molar-refractivity contribution in [3.63, 3.8) is 0 Å². The predicted octanol–water partition coefficient (Wildman–Crippen LogP) is 17.1. The van der Waals surface area contributed by atoms with Crippen LogP contribution in [-0.2, 0) is 32.7 Å². The van der Waals surface area contributed by atoms with E-state index in [9.17, 15) is 19.0 Å². The van der Waals surface area contributed by atoms with E-state index in [4.69, 9.17) is 18.5 Å². The maximum Gasteiger partial charge on any atom is 0.472 e. The van der Waals surface area contributed by atoms with E-state index in [1.54, 1.807) is 0 Å². The van der Waals surface area contributed by atoms with Crippen LogP contribution in [0.5, 0.6) is 0 Å². The first-order valence-electron chi connectivity index (χ1n) is 28.0. The van der Waals surface area contributed by atoms with Crippen LogP contribution in [0, 0.1) is 0 Å². The summed E-state index contributed by atoms with van der Waals surface area (Å²) in [6.45, 7) is 4.41. The van der Waals surface area contributed by atoms with Gasteiger partial charge in [-0.25, -0.2) is 4.57 Å². The maximum atomic E-state index is 12.8. The Hall–Kier alpha value is -2.29. The quantitative estimate of drug-likeness (QED) is 0.0211. The fourth-order valence-electron chi connectivity index (χ4n) is 7.64. The van der Waals surface area contributed by atoms with E-state index in [0.717, 1.165) is 77.0 Å². The smallest absolute Gasteiger partial charge is 0.462 e. The second-order valence-corrected chi connectivity index (χ2v) is 21.4. The van der Waals surface area contributed by atoms with Crippen LogP contribution < -0.4 is 0 Å². The highest BCUT2D eigenvalue weighted by atomic mass is 31.2. The van der Waals surface area contributed by atoms with E-state index < -0.39 is 26.5 Å². The Labute approximate surface area is 419 Å². The Morgan fingerprint density at radius 2 is 0.794 bits per heavy atom. The lowest BCUT2D eigenvalue weighted by Crippen LogP contribution is -2.37. The van der Waals surface area contributed by atoms with Gasteiger partial charge in [0.05, 0.1) is 27.7 Å². The number of phosphoric acid groups is 1. The van der Waals surface area contributed by atoms with E-state index >= 15 is 0 Å². The summed E-state index contributed by atoms with van der Waals surface area (Å²) in [5.74, 6) is -0.811. The van der Waals surface area contributed by atoms with Gasteiger partial charge in [0.1, 0.15) is 19.8 Å². The minimum absolute atomic E-state index is 0.0267. The minimum atomic E-state index is -4.39. The molecule has 0 aromatic heterocycles. The molecule has 2 atom stereocenters. The third-order valence-corrected chi connectivity index (χ3v) is 13.0. The van der Waals surface area contributed by atoms with E-state index in [1.165, 1.54) is 135 Å². The average Bonchev–Trinajstić information content (AvgIpc) is 3.30. The SMILES string of the molecule is CCCCCCC/C=C\C/C=C\C/C=C\CCCCCCCCC(=O)OC(COC(=O)CCCCCCCCCCCCC/C=C\C/C=C\CCCCCCC)COP(=O)(O)OCC[N+](C)(C)C. The zero-order valence-electron chi connectivity index (χ0n) is 44.8. The van der Waals surface area contributed by atoms with Crippen molar-refractivity contribution in [3.05, 3.63) is 60.8 Å². The Morgan fingerprint density at radius 3 is 1.18 bits per heavy atom. The Bertz CT molecular complexity index is 1340. The van der Waals surface area contributed by atoms with Crippen molar-refractivity contribution in [1.82, 2.24) is 0 Å². The molecule has 0 aliphatic heterocycles. The molecule has 0 saturated heterocycles. The van der Waals surface area contributed by atoms with Crippen LogP contribution in [0.15, 0.2) is 60.8 Å². The summed E-state index contributed by atoms with van der Waals surface area (Å²) in [4.78, 5) is 35.6. The van der Waals surface area contributed by atoms with E-state index in [1.807, 2.05) is 21.1 Å². The number of unbranched alkanes of at least 4 members (excludes halogenated alkanes) is 27. The van der Waals surface area contributed by atoms with Crippen LogP contribution in [0.1, 0.15) is 245 Å². The fourth-order valence-corrected chi connectivity index (χ4v) is 8.38. The molecule has 10 heteroatoms. The Morgan fingerprint density at radius 1 is 0.456 bits per heavy atom. The largest absolute Gasteiger partial charge is 0.472 e. The van der Waals surface area contributed by atoms with E-state index in [-0.39, 0.29) is 32.0 Å². The summed E-state index contributed by atoms with van der Waals surface area (Å²) in [5, 5.41) is 0. The van der Waals surface area contributed by atoms with E-state index in [2.05, 4.69) is 74.6 Å². The number of quaternary nitrogens is 1. The lowest BCUT2D eigenvalue weighted by molar-refractivity contribution is -0.870. The van der Waals surface area contributed by atoms with Crippen molar-refractivity contribution >= 4 is 19.8 Å². The first kappa shape index (κ1) is 65.7. The number of hydrogen-bond donors (Lipinski definition) is 1. The summed E-state index contributed by atoms with van der Waals surface area (Å²) in [6, 6.07) is 0. The third kappa shape index (κ3) is 53.1. The lowest BCUT2D eigenvalue weighted by atomic mass is 10.0. The molecule has 0 rings (SSSR count). The first-order chi connectivity index (χ1) is 33.0. The first-order valence-corrected chi connectivity index (χ1v) is 29.5. The molecule has 0 radical (unpaired) electrons. The molecule has 0 fully saturated rings. The van der Waals surface area contributed by atoms with Gasteiger partial charge < -0.3 is 18.9 Å². The highest BCUT2D eigenvalue weighted by Crippen LogP contribution is 2.43. The van der Waals surface area contributed by atoms with Gasteiger partial charge in [-0.1, -0.05) is 209 Å². The Kier molecular flexibility index (Phi) is 48.0. The zero-order valence-corrected chi connectivity index (χ0v) is 45.7. The average molecular weight is 977 g/mol. The molecule has 0 aromatic rings. The Balaban J connectivity index is 4.23. The standard InChI is InChI=1S/C58H106NO8P/c1-6-8-10-12-14-16-18-20-22-24-26-28-29-31-32-34-36-38-40-42-44-46-48-50-57(60)64-54-56(55-66-68(62,63)65-53-52-59(3,4)5)67-58(61)51-49-47-45-43-41-39-37-35-33-30-27-25-23-21-19-17-15-13-11-9-7-2/h18-21,24-27,33,35,56H,6-17,22-23,28-32,34,36-55H2,1-5H3/p+1/b20-18-,21-19-,26-24-,27-25-,35-33-. The van der Waals surface area contributed by atoms with Crippen molar-refractivity contribution in [1.29, 1.82) is 0 Å². The molecule has 396 valence electrons. The molecule has 0 bridgehead atoms. The van der Waals surface area contributed by atoms with Crippen molar-refractivity contribution in [2.24, 2.45) is 0 Å². The van der Waals surface area contributed by atoms with Gasteiger partial charge in [0.2, 0.25) is 0 Å². The van der Waals surface area contributed by atoms with Crippen LogP contribution >= 0.6 is 7.82 Å². The van der Waals surface area contributed by atoms with E-state index in [0.29, 0.717) is 17.4 Å². The van der Waals surface area contributed by atoms with Gasteiger partial charge in [-0.3, -0.25) is 18.6 Å². The molecule has 0 amide bonds. The normalized spacial score (nSPS) is 13.8. The number of rotatable bonds is 51. The number of phosphoric ester groups is 1. The van der Waals surface area contributed by atoms with Crippen molar-refractivity contribution in [2.75, 3.05) is 47.5 Å². The number of carbonyl (C=O) groups is 2. The van der Waals surface area contributed by atoms with Gasteiger partial charge in [0.25, 0.3) is 0 Å². The number of allylic oxidation sites excluding steroid dienone is 10. The molecular formula is C58H107NO8P+. The number of ether oxygens (including phenoxy) is 2. The zero-order chi connectivity index (χ0) is 49.9. The van der Waals surface area contributed by atoms with Crippen molar-refractivity contribution in [3.8, 4) is 0 Å². The van der Waals surface area contributed by atoms with Gasteiger partial charge in [-0.05, 0) is 83.5 Å². The highest BCUT2D eigenvalue weighted by Gasteiger charge is 2.27. The number of esters is 2. The second-order valence-electron chi connectivity index (χ2n) is 20.0. The highest BCUT2D eigenvalue weighted by molar-refractivity contribution is 7.47. The summed E-state index contributed by atoms with van der Waals surface area (Å²) >= 11 is 0. The second kappa shape index (κ2) is 49.7. The number of likely N-dealkylation sites (N-methyl/N-ethyl adjacent to an activating group) is 1. The van der Waals surface area contributed by atoms with Crippen LogP contribution in [0.4, 0.5) is 0 Å². The molecule has 9 nitrogen and oxygen atoms in total. The monoisotopic (exact) mass is 977 g/mol.